The summed E-state index contributed by atoms with van der Waals surface area (Å²) in [6, 6.07) is 7.60. The molecule has 6 heteroatoms. The molecular weight excluding hydrogens is 415 g/mol. The summed E-state index contributed by atoms with van der Waals surface area (Å²) in [6.45, 7) is 6.79. The summed E-state index contributed by atoms with van der Waals surface area (Å²) in [5.41, 5.74) is 1.12. The molecule has 0 aromatic heterocycles. The van der Waals surface area contributed by atoms with Crippen molar-refractivity contribution in [2.45, 2.75) is 53.2 Å². The van der Waals surface area contributed by atoms with Crippen LogP contribution in [0.4, 0.5) is 0 Å². The summed E-state index contributed by atoms with van der Waals surface area (Å²) < 4.78 is 24.3. The number of ether oxygens (including phenoxy) is 2. The normalized spacial score (nSPS) is 28.7. The third-order valence-electron chi connectivity index (χ3n) is 3.89. The second-order valence-corrected chi connectivity index (χ2v) is 8.44. The third kappa shape index (κ3) is 3.56. The molecule has 1 fully saturated rings. The molecular formula is C16H23IO4S. The molecule has 1 aliphatic rings. The molecule has 22 heavy (non-hydrogen) atoms. The van der Waals surface area contributed by atoms with Crippen molar-refractivity contribution in [3.63, 3.8) is 0 Å². The van der Waals surface area contributed by atoms with E-state index in [9.17, 15) is 9.32 Å². The molecule has 4 atom stereocenters. The highest BCUT2D eigenvalue weighted by Gasteiger charge is 2.56. The largest absolute Gasteiger partial charge is 0.391 e. The van der Waals surface area contributed by atoms with Crippen LogP contribution in [0, 0.1) is 6.92 Å². The number of benzene rings is 1. The van der Waals surface area contributed by atoms with E-state index in [1.54, 1.807) is 0 Å². The minimum absolute atomic E-state index is 0.246. The number of aliphatic hydroxyl groups is 1. The quantitative estimate of drug-likeness (QED) is 0.422. The van der Waals surface area contributed by atoms with Crippen molar-refractivity contribution in [2.24, 2.45) is 0 Å². The summed E-state index contributed by atoms with van der Waals surface area (Å²) >= 11 is 2.16. The zero-order chi connectivity index (χ0) is 16.3. The van der Waals surface area contributed by atoms with E-state index in [0.717, 1.165) is 10.5 Å². The van der Waals surface area contributed by atoms with Gasteiger partial charge in [-0.25, -0.2) is 0 Å². The van der Waals surface area contributed by atoms with Gasteiger partial charge in [0, 0.05) is 24.5 Å². The van der Waals surface area contributed by atoms with Gasteiger partial charge in [0.25, 0.3) is 0 Å². The Labute approximate surface area is 148 Å². The second-order valence-electron chi connectivity index (χ2n) is 5.42. The first-order valence-electron chi connectivity index (χ1n) is 7.52. The first-order valence-corrected chi connectivity index (χ1v) is 9.98. The molecule has 0 radical (unpaired) electrons. The van der Waals surface area contributed by atoms with Gasteiger partial charge in [-0.3, -0.25) is 4.21 Å². The fourth-order valence-electron chi connectivity index (χ4n) is 2.82. The summed E-state index contributed by atoms with van der Waals surface area (Å²) in [6.07, 6.45) is -0.287. The van der Waals surface area contributed by atoms with Crippen LogP contribution in [0.2, 0.25) is 0 Å². The topological polar surface area (TPSA) is 55.8 Å². The van der Waals surface area contributed by atoms with Crippen molar-refractivity contribution in [3.05, 3.63) is 29.8 Å². The molecule has 0 unspecified atom stereocenters. The van der Waals surface area contributed by atoms with Crippen molar-refractivity contribution in [2.75, 3.05) is 13.2 Å². The minimum atomic E-state index is -1.29. The molecule has 0 spiro atoms. The Morgan fingerprint density at radius 1 is 1.27 bits per heavy atom. The summed E-state index contributed by atoms with van der Waals surface area (Å²) in [5.74, 6) is -0.853. The van der Waals surface area contributed by atoms with Crippen LogP contribution in [0.25, 0.3) is 0 Å². The van der Waals surface area contributed by atoms with E-state index in [4.69, 9.17) is 9.47 Å². The fraction of sp³-hybridized carbons (Fsp3) is 0.625. The minimum Gasteiger partial charge on any atom is -0.391 e. The van der Waals surface area contributed by atoms with Gasteiger partial charge in [0.15, 0.2) is 5.79 Å². The Balaban J connectivity index is 2.25. The molecule has 0 amide bonds. The van der Waals surface area contributed by atoms with E-state index < -0.39 is 22.7 Å². The molecule has 0 heterocycles. The Morgan fingerprint density at radius 2 is 1.82 bits per heavy atom. The zero-order valence-electron chi connectivity index (χ0n) is 13.1. The second kappa shape index (κ2) is 7.70. The number of halogens is 1. The lowest BCUT2D eigenvalue weighted by molar-refractivity contribution is -0.224. The van der Waals surface area contributed by atoms with Gasteiger partial charge in [0.2, 0.25) is 0 Å². The van der Waals surface area contributed by atoms with Crippen molar-refractivity contribution < 1.29 is 18.8 Å². The smallest absolute Gasteiger partial charge is 0.183 e. The van der Waals surface area contributed by atoms with E-state index in [2.05, 4.69) is 22.6 Å². The Morgan fingerprint density at radius 3 is 2.32 bits per heavy atom. The molecule has 1 saturated carbocycles. The lowest BCUT2D eigenvalue weighted by atomic mass is 10.2. The van der Waals surface area contributed by atoms with Crippen molar-refractivity contribution in [3.8, 4) is 0 Å². The monoisotopic (exact) mass is 438 g/mol. The van der Waals surface area contributed by atoms with Gasteiger partial charge in [0.05, 0.1) is 26.1 Å². The molecule has 0 saturated heterocycles. The lowest BCUT2D eigenvalue weighted by Gasteiger charge is -2.32. The van der Waals surface area contributed by atoms with E-state index in [1.165, 1.54) is 0 Å². The van der Waals surface area contributed by atoms with Gasteiger partial charge in [-0.1, -0.05) is 40.3 Å². The highest BCUT2D eigenvalue weighted by Crippen LogP contribution is 2.43. The van der Waals surface area contributed by atoms with Crippen LogP contribution in [0.1, 0.15) is 25.8 Å². The van der Waals surface area contributed by atoms with Crippen LogP contribution in [0.3, 0.4) is 0 Å². The molecule has 1 aromatic carbocycles. The average Bonchev–Trinajstić information content (AvgIpc) is 2.74. The summed E-state index contributed by atoms with van der Waals surface area (Å²) in [7, 11) is -1.29. The maximum Gasteiger partial charge on any atom is 0.183 e. The highest BCUT2D eigenvalue weighted by molar-refractivity contribution is 14.1. The molecule has 0 bridgehead atoms. The van der Waals surface area contributed by atoms with E-state index in [-0.39, 0.29) is 9.17 Å². The zero-order valence-corrected chi connectivity index (χ0v) is 16.1. The summed E-state index contributed by atoms with van der Waals surface area (Å²) in [4.78, 5) is 0.738. The molecule has 124 valence electrons. The predicted molar refractivity (Wildman–Crippen MR) is 95.8 cm³/mol. The molecule has 4 nitrogen and oxygen atoms in total. The van der Waals surface area contributed by atoms with Gasteiger partial charge in [-0.2, -0.15) is 0 Å². The highest BCUT2D eigenvalue weighted by atomic mass is 127. The van der Waals surface area contributed by atoms with Crippen LogP contribution in [0.15, 0.2) is 29.2 Å². The van der Waals surface area contributed by atoms with Crippen LogP contribution in [-0.2, 0) is 20.3 Å². The van der Waals surface area contributed by atoms with Gasteiger partial charge >= 0.3 is 0 Å². The predicted octanol–water partition coefficient (Wildman–Crippen LogP) is 2.81. The van der Waals surface area contributed by atoms with E-state index in [1.807, 2.05) is 45.0 Å². The average molecular weight is 438 g/mol. The number of aliphatic hydroxyl groups excluding tert-OH is 1. The van der Waals surface area contributed by atoms with Crippen LogP contribution >= 0.6 is 22.6 Å². The van der Waals surface area contributed by atoms with Gasteiger partial charge in [-0.15, -0.1) is 0 Å². The maximum atomic E-state index is 12.8. The van der Waals surface area contributed by atoms with Crippen LogP contribution < -0.4 is 0 Å². The number of rotatable bonds is 6. The number of aryl methyl sites for hydroxylation is 1. The number of alkyl halides is 1. The molecule has 0 aliphatic heterocycles. The van der Waals surface area contributed by atoms with Gasteiger partial charge < -0.3 is 14.6 Å². The third-order valence-corrected chi connectivity index (χ3v) is 7.31. The maximum absolute atomic E-state index is 12.8. The van der Waals surface area contributed by atoms with E-state index in [0.29, 0.717) is 19.6 Å². The molecule has 2 rings (SSSR count). The number of hydrogen-bond acceptors (Lipinski definition) is 4. The SMILES string of the molecule is CCOC1(OCC)C[C@H]([S@](=O)c2ccc(C)cc2)[C@H](O)[C@H]1I. The Kier molecular flexibility index (Phi) is 6.41. The Hall–Kier alpha value is -0.0200. The van der Waals surface area contributed by atoms with Crippen LogP contribution in [0.5, 0.6) is 0 Å². The van der Waals surface area contributed by atoms with Gasteiger partial charge in [0.1, 0.15) is 0 Å². The Bertz CT molecular complexity index is 513. The fourth-order valence-corrected chi connectivity index (χ4v) is 5.76. The first kappa shape index (κ1) is 18.3. The van der Waals surface area contributed by atoms with Crippen LogP contribution in [-0.4, -0.2) is 43.6 Å². The summed E-state index contributed by atoms with van der Waals surface area (Å²) in [5, 5.41) is 10.2. The van der Waals surface area contributed by atoms with Crippen molar-refractivity contribution in [1.82, 2.24) is 0 Å². The first-order chi connectivity index (χ1) is 10.4. The molecule has 1 N–H and O–H groups in total. The molecule has 1 aliphatic carbocycles. The van der Waals surface area contributed by atoms with E-state index >= 15 is 0 Å². The molecule has 1 aromatic rings. The van der Waals surface area contributed by atoms with Crippen molar-refractivity contribution in [1.29, 1.82) is 0 Å². The standard InChI is InChI=1S/C16H23IO4S/c1-4-20-16(21-5-2)10-13(14(18)15(16)17)22(19)12-8-6-11(3)7-9-12/h6-9,13-15,18H,4-5,10H2,1-3H3/t13-,14-,15+,22+/m0/s1. The number of hydrogen-bond donors (Lipinski definition) is 1. The van der Waals surface area contributed by atoms with Gasteiger partial charge in [-0.05, 0) is 32.9 Å². The lowest BCUT2D eigenvalue weighted by Crippen LogP contribution is -2.43. The van der Waals surface area contributed by atoms with Crippen molar-refractivity contribution >= 4 is 33.4 Å².